The molecule has 0 bridgehead atoms. The maximum absolute atomic E-state index is 13.8. The van der Waals surface area contributed by atoms with Crippen LogP contribution in [-0.2, 0) is 4.79 Å². The molecule has 26 heavy (non-hydrogen) atoms. The molecule has 2 aromatic rings. The second-order valence-corrected chi connectivity index (χ2v) is 5.99. The Balaban J connectivity index is 1.54. The molecular weight excluding hydrogens is 350 g/mol. The summed E-state index contributed by atoms with van der Waals surface area (Å²) in [5.74, 6) is -5.20. The molecule has 8 heteroatoms. The zero-order valence-electron chi connectivity index (χ0n) is 13.8. The van der Waals surface area contributed by atoms with Crippen molar-refractivity contribution in [3.05, 3.63) is 59.7 Å². The van der Waals surface area contributed by atoms with Crippen molar-refractivity contribution in [3.8, 4) is 0 Å². The van der Waals surface area contributed by atoms with E-state index in [1.165, 1.54) is 6.07 Å². The fraction of sp³-hybridized carbons (Fsp3) is 0.278. The van der Waals surface area contributed by atoms with Gasteiger partial charge in [0.05, 0.1) is 17.9 Å². The van der Waals surface area contributed by atoms with Gasteiger partial charge in [-0.15, -0.1) is 0 Å². The van der Waals surface area contributed by atoms with Crippen molar-refractivity contribution >= 4 is 17.3 Å². The first-order valence-electron chi connectivity index (χ1n) is 8.11. The predicted octanol–water partition coefficient (Wildman–Crippen LogP) is 3.00. The molecule has 0 radical (unpaired) electrons. The number of nitrogens with zero attached hydrogens (tertiary/aromatic N) is 2. The number of hydrogen-bond donors (Lipinski definition) is 1. The van der Waals surface area contributed by atoms with Crippen molar-refractivity contribution in [2.75, 3.05) is 42.9 Å². The van der Waals surface area contributed by atoms with Crippen molar-refractivity contribution in [3.63, 3.8) is 0 Å². The number of carbonyl (C=O) groups is 1. The van der Waals surface area contributed by atoms with Crippen LogP contribution < -0.4 is 10.2 Å². The Labute approximate surface area is 148 Å². The molecule has 1 amide bonds. The Bertz CT molecular complexity index is 807. The minimum absolute atomic E-state index is 0.0243. The van der Waals surface area contributed by atoms with E-state index in [1.807, 2.05) is 9.80 Å². The zero-order chi connectivity index (χ0) is 18.7. The first-order valence-corrected chi connectivity index (χ1v) is 8.11. The van der Waals surface area contributed by atoms with Gasteiger partial charge in [0.25, 0.3) is 0 Å². The number of benzene rings is 2. The summed E-state index contributed by atoms with van der Waals surface area (Å²) in [7, 11) is 0. The lowest BCUT2D eigenvalue weighted by Gasteiger charge is -2.35. The summed E-state index contributed by atoms with van der Waals surface area (Å²) in [5.41, 5.74) is 0.111. The summed E-state index contributed by atoms with van der Waals surface area (Å²) < 4.78 is 53.5. The summed E-state index contributed by atoms with van der Waals surface area (Å²) in [5, 5.41) is 2.24. The zero-order valence-corrected chi connectivity index (χ0v) is 13.8. The molecule has 0 aliphatic carbocycles. The third-order valence-electron chi connectivity index (χ3n) is 4.24. The summed E-state index contributed by atoms with van der Waals surface area (Å²) >= 11 is 0. The van der Waals surface area contributed by atoms with Gasteiger partial charge in [-0.2, -0.15) is 0 Å². The van der Waals surface area contributed by atoms with Gasteiger partial charge >= 0.3 is 0 Å². The van der Waals surface area contributed by atoms with E-state index in [1.54, 1.807) is 18.2 Å². The highest BCUT2D eigenvalue weighted by Gasteiger charge is 2.22. The van der Waals surface area contributed by atoms with Gasteiger partial charge in [0.2, 0.25) is 5.91 Å². The average Bonchev–Trinajstić information content (AvgIpc) is 2.63. The van der Waals surface area contributed by atoms with Crippen LogP contribution >= 0.6 is 0 Å². The number of piperazine rings is 1. The van der Waals surface area contributed by atoms with Crippen molar-refractivity contribution in [1.29, 1.82) is 0 Å². The topological polar surface area (TPSA) is 35.6 Å². The second kappa shape index (κ2) is 7.74. The minimum Gasteiger partial charge on any atom is -0.367 e. The number of para-hydroxylation sites is 1. The van der Waals surface area contributed by atoms with Crippen LogP contribution in [0.15, 0.2) is 36.4 Å². The van der Waals surface area contributed by atoms with Gasteiger partial charge in [-0.25, -0.2) is 17.6 Å². The van der Waals surface area contributed by atoms with Crippen LogP contribution in [0.2, 0.25) is 0 Å². The van der Waals surface area contributed by atoms with Crippen LogP contribution in [0, 0.1) is 23.3 Å². The summed E-state index contributed by atoms with van der Waals surface area (Å²) in [6.45, 7) is 2.08. The normalized spacial score (nSPS) is 15.2. The van der Waals surface area contributed by atoms with Gasteiger partial charge in [0.1, 0.15) is 5.82 Å². The third kappa shape index (κ3) is 3.96. The predicted molar refractivity (Wildman–Crippen MR) is 90.0 cm³/mol. The molecule has 1 aliphatic rings. The molecule has 0 atom stereocenters. The molecular formula is C18H17F4N3O. The quantitative estimate of drug-likeness (QED) is 0.667. The number of carbonyl (C=O) groups excluding carboxylic acids is 1. The van der Waals surface area contributed by atoms with Gasteiger partial charge in [-0.05, 0) is 24.3 Å². The van der Waals surface area contributed by atoms with Crippen LogP contribution in [0.4, 0.5) is 28.9 Å². The number of amides is 1. The number of anilines is 2. The van der Waals surface area contributed by atoms with Crippen LogP contribution in [0.1, 0.15) is 0 Å². The molecule has 1 aliphatic heterocycles. The lowest BCUT2D eigenvalue weighted by atomic mass is 10.2. The van der Waals surface area contributed by atoms with Gasteiger partial charge in [0, 0.05) is 26.2 Å². The van der Waals surface area contributed by atoms with Crippen molar-refractivity contribution in [1.82, 2.24) is 4.90 Å². The molecule has 1 saturated heterocycles. The first kappa shape index (κ1) is 18.2. The average molecular weight is 367 g/mol. The van der Waals surface area contributed by atoms with E-state index in [-0.39, 0.29) is 12.4 Å². The largest absolute Gasteiger partial charge is 0.367 e. The van der Waals surface area contributed by atoms with E-state index < -0.39 is 29.0 Å². The van der Waals surface area contributed by atoms with Crippen LogP contribution in [0.3, 0.4) is 0 Å². The lowest BCUT2D eigenvalue weighted by Crippen LogP contribution is -2.49. The highest BCUT2D eigenvalue weighted by atomic mass is 19.2. The van der Waals surface area contributed by atoms with E-state index in [4.69, 9.17) is 0 Å². The summed E-state index contributed by atoms with van der Waals surface area (Å²) in [6.07, 6.45) is 0. The highest BCUT2D eigenvalue weighted by molar-refractivity contribution is 5.92. The highest BCUT2D eigenvalue weighted by Crippen LogP contribution is 2.21. The maximum Gasteiger partial charge on any atom is 0.238 e. The number of rotatable bonds is 4. The smallest absolute Gasteiger partial charge is 0.238 e. The molecule has 0 saturated carbocycles. The van der Waals surface area contributed by atoms with Crippen molar-refractivity contribution in [2.45, 2.75) is 0 Å². The minimum atomic E-state index is -1.62. The monoisotopic (exact) mass is 367 g/mol. The molecule has 1 heterocycles. The van der Waals surface area contributed by atoms with E-state index in [0.29, 0.717) is 31.9 Å². The van der Waals surface area contributed by atoms with E-state index in [9.17, 15) is 22.4 Å². The van der Waals surface area contributed by atoms with Gasteiger partial charge in [0.15, 0.2) is 17.5 Å². The Morgan fingerprint density at radius 3 is 2.27 bits per heavy atom. The van der Waals surface area contributed by atoms with Gasteiger partial charge in [-0.3, -0.25) is 9.69 Å². The van der Waals surface area contributed by atoms with Gasteiger partial charge < -0.3 is 10.2 Å². The molecule has 0 spiro atoms. The third-order valence-corrected chi connectivity index (χ3v) is 4.24. The lowest BCUT2D eigenvalue weighted by molar-refractivity contribution is -0.117. The Hall–Kier alpha value is -2.61. The molecule has 138 valence electrons. The fourth-order valence-corrected chi connectivity index (χ4v) is 2.87. The second-order valence-electron chi connectivity index (χ2n) is 5.99. The number of hydrogen-bond acceptors (Lipinski definition) is 3. The number of nitrogens with one attached hydrogen (secondary N) is 1. The standard InChI is InChI=1S/C18H17F4N3O/c19-12-3-1-2-4-15(12)25-9-7-24(8-10-25)11-16(26)23-14-6-5-13(20)17(21)18(14)22/h1-6H,7-11H2,(H,23,26). The van der Waals surface area contributed by atoms with E-state index >= 15 is 0 Å². The molecule has 1 N–H and O–H groups in total. The summed E-state index contributed by atoms with van der Waals surface area (Å²) in [4.78, 5) is 15.7. The van der Waals surface area contributed by atoms with E-state index in [0.717, 1.165) is 12.1 Å². The number of halogens is 4. The Morgan fingerprint density at radius 1 is 0.885 bits per heavy atom. The van der Waals surface area contributed by atoms with E-state index in [2.05, 4.69) is 5.32 Å². The Morgan fingerprint density at radius 2 is 1.58 bits per heavy atom. The first-order chi connectivity index (χ1) is 12.5. The summed E-state index contributed by atoms with van der Waals surface area (Å²) in [6, 6.07) is 8.20. The Kier molecular flexibility index (Phi) is 5.41. The van der Waals surface area contributed by atoms with Crippen LogP contribution in [-0.4, -0.2) is 43.5 Å². The van der Waals surface area contributed by atoms with Crippen molar-refractivity contribution in [2.24, 2.45) is 0 Å². The molecule has 0 unspecified atom stereocenters. The molecule has 0 aromatic heterocycles. The molecule has 3 rings (SSSR count). The van der Waals surface area contributed by atoms with Crippen LogP contribution in [0.25, 0.3) is 0 Å². The SMILES string of the molecule is O=C(CN1CCN(c2ccccc2F)CC1)Nc1ccc(F)c(F)c1F. The molecule has 1 fully saturated rings. The fourth-order valence-electron chi connectivity index (χ4n) is 2.87. The molecule has 4 nitrogen and oxygen atoms in total. The molecule has 2 aromatic carbocycles. The van der Waals surface area contributed by atoms with Gasteiger partial charge in [-0.1, -0.05) is 12.1 Å². The van der Waals surface area contributed by atoms with Crippen molar-refractivity contribution < 1.29 is 22.4 Å². The maximum atomic E-state index is 13.8. The van der Waals surface area contributed by atoms with Crippen LogP contribution in [0.5, 0.6) is 0 Å².